The molecule has 3 nitrogen and oxygen atoms in total. The van der Waals surface area contributed by atoms with Crippen molar-refractivity contribution in [1.82, 2.24) is 5.32 Å². The number of rotatable bonds is 4. The van der Waals surface area contributed by atoms with Crippen molar-refractivity contribution < 1.29 is 9.47 Å². The standard InChI is InChI=1S/C12H23NO2/c1-14-12-4-2-3-11(12)13-9-10-5-7-15-8-6-10/h10-13H,2-9H2,1H3. The van der Waals surface area contributed by atoms with Crippen molar-refractivity contribution >= 4 is 0 Å². The summed E-state index contributed by atoms with van der Waals surface area (Å²) in [4.78, 5) is 0. The summed E-state index contributed by atoms with van der Waals surface area (Å²) in [5, 5.41) is 3.67. The lowest BCUT2D eigenvalue weighted by Crippen LogP contribution is -2.40. The Morgan fingerprint density at radius 1 is 1.20 bits per heavy atom. The molecule has 1 aliphatic heterocycles. The molecule has 0 aromatic carbocycles. The number of hydrogen-bond acceptors (Lipinski definition) is 3. The monoisotopic (exact) mass is 213 g/mol. The fourth-order valence-electron chi connectivity index (χ4n) is 2.71. The summed E-state index contributed by atoms with van der Waals surface area (Å²) >= 11 is 0. The molecule has 1 N–H and O–H groups in total. The van der Waals surface area contributed by atoms with Gasteiger partial charge in [0, 0.05) is 26.4 Å². The number of hydrogen-bond donors (Lipinski definition) is 1. The number of methoxy groups -OCH3 is 1. The van der Waals surface area contributed by atoms with E-state index in [-0.39, 0.29) is 0 Å². The topological polar surface area (TPSA) is 30.5 Å². The van der Waals surface area contributed by atoms with Crippen molar-refractivity contribution in [1.29, 1.82) is 0 Å². The van der Waals surface area contributed by atoms with Crippen LogP contribution in [0.3, 0.4) is 0 Å². The van der Waals surface area contributed by atoms with Gasteiger partial charge in [0.1, 0.15) is 0 Å². The molecule has 0 bridgehead atoms. The van der Waals surface area contributed by atoms with Gasteiger partial charge >= 0.3 is 0 Å². The lowest BCUT2D eigenvalue weighted by molar-refractivity contribution is 0.0576. The van der Waals surface area contributed by atoms with Gasteiger partial charge in [0.25, 0.3) is 0 Å². The number of nitrogens with one attached hydrogen (secondary N) is 1. The molecule has 0 aromatic rings. The van der Waals surface area contributed by atoms with Crippen molar-refractivity contribution in [2.45, 2.75) is 44.2 Å². The molecule has 2 atom stereocenters. The van der Waals surface area contributed by atoms with Crippen LogP contribution >= 0.6 is 0 Å². The Kier molecular flexibility index (Phi) is 4.42. The lowest BCUT2D eigenvalue weighted by atomic mass is 10.00. The maximum atomic E-state index is 5.48. The SMILES string of the molecule is COC1CCCC1NCC1CCOCC1. The van der Waals surface area contributed by atoms with Crippen LogP contribution in [0.4, 0.5) is 0 Å². The van der Waals surface area contributed by atoms with E-state index in [1.165, 1.54) is 32.1 Å². The molecule has 2 aliphatic rings. The minimum absolute atomic E-state index is 0.449. The Labute approximate surface area is 92.5 Å². The van der Waals surface area contributed by atoms with Gasteiger partial charge in [-0.2, -0.15) is 0 Å². The average molecular weight is 213 g/mol. The molecule has 0 spiro atoms. The molecule has 0 aromatic heterocycles. The smallest absolute Gasteiger partial charge is 0.0724 e. The molecule has 1 heterocycles. The van der Waals surface area contributed by atoms with E-state index < -0.39 is 0 Å². The van der Waals surface area contributed by atoms with Gasteiger partial charge in [-0.05, 0) is 44.6 Å². The van der Waals surface area contributed by atoms with E-state index in [9.17, 15) is 0 Å². The first kappa shape index (κ1) is 11.4. The quantitative estimate of drug-likeness (QED) is 0.769. The first-order valence-corrected chi connectivity index (χ1v) is 6.24. The minimum atomic E-state index is 0.449. The van der Waals surface area contributed by atoms with Crippen molar-refractivity contribution in [2.75, 3.05) is 26.9 Å². The molecule has 2 unspecified atom stereocenters. The van der Waals surface area contributed by atoms with Gasteiger partial charge in [0.2, 0.25) is 0 Å². The summed E-state index contributed by atoms with van der Waals surface area (Å²) in [6.07, 6.45) is 6.70. The van der Waals surface area contributed by atoms with Gasteiger partial charge in [-0.1, -0.05) is 0 Å². The summed E-state index contributed by atoms with van der Waals surface area (Å²) in [6, 6.07) is 0.595. The molecule has 2 fully saturated rings. The molecule has 3 heteroatoms. The third kappa shape index (κ3) is 3.16. The average Bonchev–Trinajstić information content (AvgIpc) is 2.75. The molecule has 1 saturated heterocycles. The van der Waals surface area contributed by atoms with Crippen LogP contribution in [0.2, 0.25) is 0 Å². The van der Waals surface area contributed by atoms with Crippen molar-refractivity contribution in [2.24, 2.45) is 5.92 Å². The fraction of sp³-hybridized carbons (Fsp3) is 1.00. The normalized spacial score (nSPS) is 33.4. The highest BCUT2D eigenvalue weighted by molar-refractivity contribution is 4.84. The van der Waals surface area contributed by atoms with Crippen LogP contribution in [0.1, 0.15) is 32.1 Å². The molecular formula is C12H23NO2. The summed E-state index contributed by atoms with van der Waals surface area (Å²) in [5.41, 5.74) is 0. The lowest BCUT2D eigenvalue weighted by Gasteiger charge is -2.26. The zero-order valence-corrected chi connectivity index (χ0v) is 9.71. The highest BCUT2D eigenvalue weighted by Crippen LogP contribution is 2.22. The van der Waals surface area contributed by atoms with Crippen LogP contribution in [0.15, 0.2) is 0 Å². The van der Waals surface area contributed by atoms with Crippen LogP contribution in [-0.4, -0.2) is 39.0 Å². The molecule has 15 heavy (non-hydrogen) atoms. The molecule has 88 valence electrons. The summed E-state index contributed by atoms with van der Waals surface area (Å²) in [6.45, 7) is 3.04. The highest BCUT2D eigenvalue weighted by atomic mass is 16.5. The van der Waals surface area contributed by atoms with Crippen LogP contribution in [0, 0.1) is 5.92 Å². The van der Waals surface area contributed by atoms with Crippen molar-refractivity contribution in [3.05, 3.63) is 0 Å². The summed E-state index contributed by atoms with van der Waals surface area (Å²) in [7, 11) is 1.83. The van der Waals surface area contributed by atoms with E-state index in [1.54, 1.807) is 0 Å². The van der Waals surface area contributed by atoms with Crippen LogP contribution < -0.4 is 5.32 Å². The van der Waals surface area contributed by atoms with Gasteiger partial charge in [-0.15, -0.1) is 0 Å². The zero-order valence-electron chi connectivity index (χ0n) is 9.71. The van der Waals surface area contributed by atoms with Gasteiger partial charge in [-0.3, -0.25) is 0 Å². The van der Waals surface area contributed by atoms with E-state index in [4.69, 9.17) is 9.47 Å². The Bertz CT molecular complexity index is 180. The Morgan fingerprint density at radius 2 is 2.00 bits per heavy atom. The molecular weight excluding hydrogens is 190 g/mol. The van der Waals surface area contributed by atoms with Crippen LogP contribution in [0.5, 0.6) is 0 Å². The van der Waals surface area contributed by atoms with E-state index >= 15 is 0 Å². The Morgan fingerprint density at radius 3 is 2.73 bits per heavy atom. The molecule has 1 saturated carbocycles. The molecule has 1 aliphatic carbocycles. The Balaban J connectivity index is 1.67. The van der Waals surface area contributed by atoms with E-state index in [1.807, 2.05) is 7.11 Å². The fourth-order valence-corrected chi connectivity index (χ4v) is 2.71. The first-order valence-electron chi connectivity index (χ1n) is 6.24. The molecule has 0 amide bonds. The predicted molar refractivity (Wildman–Crippen MR) is 60.0 cm³/mol. The summed E-state index contributed by atoms with van der Waals surface area (Å²) < 4.78 is 10.8. The molecule has 2 rings (SSSR count). The maximum absolute atomic E-state index is 5.48. The van der Waals surface area contributed by atoms with E-state index in [2.05, 4.69) is 5.32 Å². The molecule has 0 radical (unpaired) electrons. The predicted octanol–water partition coefficient (Wildman–Crippen LogP) is 1.57. The Hall–Kier alpha value is -0.120. The maximum Gasteiger partial charge on any atom is 0.0724 e. The zero-order chi connectivity index (χ0) is 10.5. The van der Waals surface area contributed by atoms with E-state index in [0.717, 1.165) is 25.7 Å². The van der Waals surface area contributed by atoms with E-state index in [0.29, 0.717) is 12.1 Å². The highest BCUT2D eigenvalue weighted by Gasteiger charge is 2.27. The first-order chi connectivity index (χ1) is 7.40. The van der Waals surface area contributed by atoms with Gasteiger partial charge in [0.05, 0.1) is 6.10 Å². The van der Waals surface area contributed by atoms with Crippen LogP contribution in [-0.2, 0) is 9.47 Å². The number of ether oxygens (including phenoxy) is 2. The largest absolute Gasteiger partial charge is 0.381 e. The van der Waals surface area contributed by atoms with Crippen molar-refractivity contribution in [3.63, 3.8) is 0 Å². The summed E-state index contributed by atoms with van der Waals surface area (Å²) in [5.74, 6) is 0.817. The van der Waals surface area contributed by atoms with Gasteiger partial charge < -0.3 is 14.8 Å². The third-order valence-electron chi connectivity index (χ3n) is 3.76. The van der Waals surface area contributed by atoms with Gasteiger partial charge in [0.15, 0.2) is 0 Å². The van der Waals surface area contributed by atoms with Crippen LogP contribution in [0.25, 0.3) is 0 Å². The minimum Gasteiger partial charge on any atom is -0.381 e. The second-order valence-corrected chi connectivity index (χ2v) is 4.78. The van der Waals surface area contributed by atoms with Gasteiger partial charge in [-0.25, -0.2) is 0 Å². The third-order valence-corrected chi connectivity index (χ3v) is 3.76. The second kappa shape index (κ2) is 5.83. The van der Waals surface area contributed by atoms with Crippen molar-refractivity contribution in [3.8, 4) is 0 Å². The second-order valence-electron chi connectivity index (χ2n) is 4.78.